The fourth-order valence-corrected chi connectivity index (χ4v) is 3.55. The third kappa shape index (κ3) is 6.34. The first-order valence-corrected chi connectivity index (χ1v) is 9.42. The molecule has 1 heterocycles. The molecule has 4 N–H and O–H groups in total. The summed E-state index contributed by atoms with van der Waals surface area (Å²) in [6, 6.07) is 8.26. The standard InChI is InChI=1S/C19H29N5O.HI/c20-18(22-16-8-2-1-3-9-16)21-14-15-7-6-10-17(13-15)23-19(25)24-11-4-5-12-24;/h6-7,10,13,16H,1-5,8-9,11-12,14H2,(H,23,25)(H3,20,21,22);1H. The summed E-state index contributed by atoms with van der Waals surface area (Å²) < 4.78 is 0. The molecule has 2 amide bonds. The van der Waals surface area contributed by atoms with Crippen LogP contribution in [0.1, 0.15) is 50.5 Å². The lowest BCUT2D eigenvalue weighted by Crippen LogP contribution is -2.41. The summed E-state index contributed by atoms with van der Waals surface area (Å²) in [7, 11) is 0. The van der Waals surface area contributed by atoms with Gasteiger partial charge in [0.15, 0.2) is 5.96 Å². The molecule has 0 radical (unpaired) electrons. The average Bonchev–Trinajstić information content (AvgIpc) is 3.16. The highest BCUT2D eigenvalue weighted by molar-refractivity contribution is 14.0. The maximum Gasteiger partial charge on any atom is 0.321 e. The molecule has 0 spiro atoms. The highest BCUT2D eigenvalue weighted by Crippen LogP contribution is 2.17. The van der Waals surface area contributed by atoms with Crippen LogP contribution < -0.4 is 16.4 Å². The second-order valence-corrected chi connectivity index (χ2v) is 7.01. The number of hydrogen-bond acceptors (Lipinski definition) is 2. The van der Waals surface area contributed by atoms with Crippen molar-refractivity contribution in [2.45, 2.75) is 57.5 Å². The highest BCUT2D eigenvalue weighted by atomic mass is 127. The van der Waals surface area contributed by atoms with Gasteiger partial charge in [0.2, 0.25) is 0 Å². The van der Waals surface area contributed by atoms with Gasteiger partial charge in [-0.1, -0.05) is 31.4 Å². The minimum Gasteiger partial charge on any atom is -0.370 e. The van der Waals surface area contributed by atoms with Crippen molar-refractivity contribution in [3.63, 3.8) is 0 Å². The van der Waals surface area contributed by atoms with Crippen molar-refractivity contribution in [2.75, 3.05) is 18.4 Å². The van der Waals surface area contributed by atoms with E-state index < -0.39 is 0 Å². The minimum atomic E-state index is -0.0170. The maximum atomic E-state index is 12.2. The van der Waals surface area contributed by atoms with E-state index in [9.17, 15) is 4.79 Å². The van der Waals surface area contributed by atoms with Crippen LogP contribution in [0.2, 0.25) is 0 Å². The van der Waals surface area contributed by atoms with Gasteiger partial charge in [0, 0.05) is 24.8 Å². The first kappa shape index (κ1) is 20.8. The fraction of sp³-hybridized carbons (Fsp3) is 0.579. The number of amides is 2. The number of hydrogen-bond donors (Lipinski definition) is 3. The van der Waals surface area contributed by atoms with Crippen LogP contribution in [-0.4, -0.2) is 36.0 Å². The molecule has 0 unspecified atom stereocenters. The number of nitrogens with one attached hydrogen (secondary N) is 2. The number of nitrogens with zero attached hydrogens (tertiary/aromatic N) is 2. The molecule has 1 aliphatic heterocycles. The molecular weight excluding hydrogens is 441 g/mol. The molecule has 1 aromatic carbocycles. The van der Waals surface area contributed by atoms with Gasteiger partial charge in [0.05, 0.1) is 6.54 Å². The van der Waals surface area contributed by atoms with Crippen LogP contribution in [0.4, 0.5) is 10.5 Å². The zero-order chi connectivity index (χ0) is 17.5. The maximum absolute atomic E-state index is 12.2. The van der Waals surface area contributed by atoms with Gasteiger partial charge in [-0.05, 0) is 43.4 Å². The van der Waals surface area contributed by atoms with E-state index >= 15 is 0 Å². The number of carbonyl (C=O) groups is 1. The average molecular weight is 471 g/mol. The molecule has 2 aliphatic rings. The first-order valence-electron chi connectivity index (χ1n) is 9.42. The summed E-state index contributed by atoms with van der Waals surface area (Å²) in [5, 5.41) is 6.29. The van der Waals surface area contributed by atoms with E-state index in [0.29, 0.717) is 18.5 Å². The van der Waals surface area contributed by atoms with Crippen molar-refractivity contribution in [1.82, 2.24) is 10.2 Å². The Morgan fingerprint density at radius 2 is 1.88 bits per heavy atom. The number of carbonyl (C=O) groups excluding carboxylic acids is 1. The molecule has 7 heteroatoms. The van der Waals surface area contributed by atoms with Crippen LogP contribution in [0.3, 0.4) is 0 Å². The Labute approximate surface area is 173 Å². The number of guanidine groups is 1. The predicted molar refractivity (Wildman–Crippen MR) is 117 cm³/mol. The molecule has 0 bridgehead atoms. The summed E-state index contributed by atoms with van der Waals surface area (Å²) >= 11 is 0. The Kier molecular flexibility index (Phi) is 8.47. The largest absolute Gasteiger partial charge is 0.370 e. The van der Waals surface area contributed by atoms with Gasteiger partial charge >= 0.3 is 6.03 Å². The number of anilines is 1. The molecule has 6 nitrogen and oxygen atoms in total. The summed E-state index contributed by atoms with van der Waals surface area (Å²) in [4.78, 5) is 18.5. The van der Waals surface area contributed by atoms with Crippen LogP contribution in [0, 0.1) is 0 Å². The van der Waals surface area contributed by atoms with Gasteiger partial charge in [-0.3, -0.25) is 0 Å². The number of halogens is 1. The van der Waals surface area contributed by atoms with Crippen molar-refractivity contribution in [3.05, 3.63) is 29.8 Å². The van der Waals surface area contributed by atoms with Crippen molar-refractivity contribution < 1.29 is 4.79 Å². The van der Waals surface area contributed by atoms with E-state index in [1.165, 1.54) is 32.1 Å². The first-order chi connectivity index (χ1) is 12.2. The van der Waals surface area contributed by atoms with Crippen molar-refractivity contribution >= 4 is 41.7 Å². The number of urea groups is 1. The lowest BCUT2D eigenvalue weighted by atomic mass is 9.96. The zero-order valence-electron chi connectivity index (χ0n) is 15.2. The topological polar surface area (TPSA) is 82.7 Å². The molecular formula is C19H30IN5O. The Hall–Kier alpha value is -1.51. The van der Waals surface area contributed by atoms with Crippen molar-refractivity contribution in [3.8, 4) is 0 Å². The van der Waals surface area contributed by atoms with E-state index in [4.69, 9.17) is 5.73 Å². The number of nitrogens with two attached hydrogens (primary N) is 1. The van der Waals surface area contributed by atoms with Crippen LogP contribution in [0.15, 0.2) is 29.3 Å². The van der Waals surface area contributed by atoms with Crippen LogP contribution in [-0.2, 0) is 6.54 Å². The molecule has 3 rings (SSSR count). The third-order valence-electron chi connectivity index (χ3n) is 4.96. The Morgan fingerprint density at radius 1 is 1.15 bits per heavy atom. The molecule has 1 saturated heterocycles. The lowest BCUT2D eigenvalue weighted by molar-refractivity contribution is 0.222. The molecule has 1 aliphatic carbocycles. The number of likely N-dealkylation sites (tertiary alicyclic amines) is 1. The summed E-state index contributed by atoms with van der Waals surface area (Å²) in [6.45, 7) is 2.21. The fourth-order valence-electron chi connectivity index (χ4n) is 3.55. The number of aliphatic imine (C=N–C) groups is 1. The van der Waals surface area contributed by atoms with Gasteiger partial charge in [0.1, 0.15) is 0 Å². The second-order valence-electron chi connectivity index (χ2n) is 7.01. The number of rotatable bonds is 4. The molecule has 0 aromatic heterocycles. The zero-order valence-corrected chi connectivity index (χ0v) is 17.6. The van der Waals surface area contributed by atoms with Gasteiger partial charge in [0.25, 0.3) is 0 Å². The van der Waals surface area contributed by atoms with Gasteiger partial charge in [-0.25, -0.2) is 9.79 Å². The van der Waals surface area contributed by atoms with Gasteiger partial charge in [-0.15, -0.1) is 24.0 Å². The third-order valence-corrected chi connectivity index (χ3v) is 4.96. The molecule has 26 heavy (non-hydrogen) atoms. The van der Waals surface area contributed by atoms with Crippen LogP contribution in [0.5, 0.6) is 0 Å². The molecule has 144 valence electrons. The van der Waals surface area contributed by atoms with E-state index in [-0.39, 0.29) is 30.0 Å². The number of benzene rings is 1. The van der Waals surface area contributed by atoms with Crippen LogP contribution >= 0.6 is 24.0 Å². The van der Waals surface area contributed by atoms with E-state index in [2.05, 4.69) is 15.6 Å². The van der Waals surface area contributed by atoms with Crippen molar-refractivity contribution in [2.24, 2.45) is 10.7 Å². The SMILES string of the molecule is I.NC(=NCc1cccc(NC(=O)N2CCCC2)c1)NC1CCCCC1. The molecule has 1 saturated carbocycles. The Bertz CT molecular complexity index is 610. The summed E-state index contributed by atoms with van der Waals surface area (Å²) in [5.74, 6) is 0.512. The van der Waals surface area contributed by atoms with Gasteiger partial charge < -0.3 is 21.3 Å². The Morgan fingerprint density at radius 3 is 2.62 bits per heavy atom. The molecule has 1 aromatic rings. The van der Waals surface area contributed by atoms with E-state index in [0.717, 1.165) is 37.2 Å². The second kappa shape index (κ2) is 10.6. The van der Waals surface area contributed by atoms with Crippen LogP contribution in [0.25, 0.3) is 0 Å². The quantitative estimate of drug-likeness (QED) is 0.356. The molecule has 2 fully saturated rings. The smallest absolute Gasteiger partial charge is 0.321 e. The minimum absolute atomic E-state index is 0. The highest BCUT2D eigenvalue weighted by Gasteiger charge is 2.17. The van der Waals surface area contributed by atoms with E-state index in [1.807, 2.05) is 29.2 Å². The summed E-state index contributed by atoms with van der Waals surface area (Å²) in [5.41, 5.74) is 7.86. The molecule has 0 atom stereocenters. The Balaban J connectivity index is 0.00000243. The predicted octanol–water partition coefficient (Wildman–Crippen LogP) is 3.67. The monoisotopic (exact) mass is 471 g/mol. The summed E-state index contributed by atoms with van der Waals surface area (Å²) in [6.07, 6.45) is 8.39. The normalized spacial score (nSPS) is 18.3. The van der Waals surface area contributed by atoms with Crippen molar-refractivity contribution in [1.29, 1.82) is 0 Å². The lowest BCUT2D eigenvalue weighted by Gasteiger charge is -2.23. The van der Waals surface area contributed by atoms with Gasteiger partial charge in [-0.2, -0.15) is 0 Å². The van der Waals surface area contributed by atoms with E-state index in [1.54, 1.807) is 0 Å².